The summed E-state index contributed by atoms with van der Waals surface area (Å²) in [5.41, 5.74) is 3.86. The van der Waals surface area contributed by atoms with Crippen LogP contribution in [0, 0.1) is 5.92 Å². The van der Waals surface area contributed by atoms with E-state index in [0.29, 0.717) is 17.1 Å². The van der Waals surface area contributed by atoms with Crippen LogP contribution in [-0.2, 0) is 15.9 Å². The Morgan fingerprint density at radius 2 is 1.51 bits per heavy atom. The number of benzene rings is 1. The molecule has 8 heteroatoms. The van der Waals surface area contributed by atoms with Crippen molar-refractivity contribution >= 4 is 12.3 Å². The van der Waals surface area contributed by atoms with E-state index < -0.39 is 12.3 Å². The largest absolute Gasteiger partial charge is 0.513 e. The first-order valence-corrected chi connectivity index (χ1v) is 14.3. The van der Waals surface area contributed by atoms with Gasteiger partial charge in [0.15, 0.2) is 0 Å². The van der Waals surface area contributed by atoms with Crippen LogP contribution in [0.1, 0.15) is 69.9 Å². The highest BCUT2D eigenvalue weighted by molar-refractivity contribution is 5.70. The molecule has 0 saturated carbocycles. The summed E-state index contributed by atoms with van der Waals surface area (Å²) in [7, 11) is 3.97. The second-order valence-electron chi connectivity index (χ2n) is 11.5. The Kier molecular flexibility index (Phi) is 9.72. The highest BCUT2D eigenvalue weighted by Crippen LogP contribution is 2.47. The average Bonchev–Trinajstić information content (AvgIpc) is 3.78. The maximum atomic E-state index is 12.9. The molecule has 0 spiro atoms. The second kappa shape index (κ2) is 13.0. The molecule has 2 fully saturated rings. The highest BCUT2D eigenvalue weighted by atomic mass is 16.7. The van der Waals surface area contributed by atoms with Gasteiger partial charge in [0.2, 0.25) is 0 Å². The molecule has 4 unspecified atom stereocenters. The molecular formula is C31H44N2O6. The van der Waals surface area contributed by atoms with Gasteiger partial charge in [-0.05, 0) is 77.2 Å². The molecule has 2 heterocycles. The van der Waals surface area contributed by atoms with Crippen molar-refractivity contribution in [1.29, 1.82) is 0 Å². The third kappa shape index (κ3) is 8.08. The molecule has 2 saturated heterocycles. The maximum Gasteiger partial charge on any atom is 0.513 e. The summed E-state index contributed by atoms with van der Waals surface area (Å²) in [6.07, 6.45) is 6.46. The Morgan fingerprint density at radius 3 is 1.97 bits per heavy atom. The maximum absolute atomic E-state index is 12.9. The molecule has 4 rings (SSSR count). The number of carbonyl (C=O) groups is 2. The molecule has 0 radical (unpaired) electrons. The van der Waals surface area contributed by atoms with Gasteiger partial charge < -0.3 is 18.9 Å². The quantitative estimate of drug-likeness (QED) is 0.104. The molecule has 1 aliphatic carbocycles. The lowest BCUT2D eigenvalue weighted by Crippen LogP contribution is -2.22. The third-order valence-electron chi connectivity index (χ3n) is 8.10. The van der Waals surface area contributed by atoms with Gasteiger partial charge >= 0.3 is 12.3 Å². The molecule has 0 bridgehead atoms. The summed E-state index contributed by atoms with van der Waals surface area (Å²) in [5.74, 6) is 0.669. The summed E-state index contributed by atoms with van der Waals surface area (Å²) >= 11 is 0. The van der Waals surface area contributed by atoms with Crippen molar-refractivity contribution in [3.8, 4) is 11.5 Å². The van der Waals surface area contributed by atoms with E-state index in [1.165, 1.54) is 5.57 Å². The Labute approximate surface area is 232 Å². The molecule has 1 aromatic carbocycles. The summed E-state index contributed by atoms with van der Waals surface area (Å²) in [4.78, 5) is 29.9. The van der Waals surface area contributed by atoms with Crippen LogP contribution in [0.2, 0.25) is 0 Å². The van der Waals surface area contributed by atoms with E-state index in [1.54, 1.807) is 0 Å². The van der Waals surface area contributed by atoms with Crippen molar-refractivity contribution in [3.05, 3.63) is 47.1 Å². The lowest BCUT2D eigenvalue weighted by atomic mass is 9.73. The van der Waals surface area contributed by atoms with E-state index in [2.05, 4.69) is 36.3 Å². The van der Waals surface area contributed by atoms with E-state index in [-0.39, 0.29) is 37.1 Å². The topological polar surface area (TPSA) is 77.1 Å². The highest BCUT2D eigenvalue weighted by Gasteiger charge is 2.35. The molecule has 0 aromatic heterocycles. The molecule has 1 aromatic rings. The van der Waals surface area contributed by atoms with Crippen LogP contribution in [0.5, 0.6) is 11.5 Å². The van der Waals surface area contributed by atoms with Crippen molar-refractivity contribution in [3.63, 3.8) is 0 Å². The minimum Gasteiger partial charge on any atom is -0.432 e. The molecule has 0 amide bonds. The Hall–Kier alpha value is -2.84. The fraction of sp³-hybridized carbons (Fsp3) is 0.613. The summed E-state index contributed by atoms with van der Waals surface area (Å²) in [6, 6.07) is 4.27. The van der Waals surface area contributed by atoms with Crippen molar-refractivity contribution < 1.29 is 28.5 Å². The van der Waals surface area contributed by atoms with E-state index in [9.17, 15) is 9.59 Å². The zero-order chi connectivity index (χ0) is 28.1. The van der Waals surface area contributed by atoms with E-state index in [0.717, 1.165) is 62.8 Å². The number of carbonyl (C=O) groups excluding carboxylic acids is 2. The van der Waals surface area contributed by atoms with Crippen molar-refractivity contribution in [2.75, 3.05) is 40.4 Å². The first-order chi connectivity index (χ1) is 18.7. The zero-order valence-electron chi connectivity index (χ0n) is 24.2. The Morgan fingerprint density at radius 1 is 0.974 bits per heavy atom. The van der Waals surface area contributed by atoms with Gasteiger partial charge in [0.1, 0.15) is 24.7 Å². The van der Waals surface area contributed by atoms with Crippen molar-refractivity contribution in [2.24, 2.45) is 5.92 Å². The van der Waals surface area contributed by atoms with Gasteiger partial charge in [-0.1, -0.05) is 43.6 Å². The number of ether oxygens (including phenoxy) is 4. The first-order valence-electron chi connectivity index (χ1n) is 14.3. The van der Waals surface area contributed by atoms with Crippen LogP contribution in [0.4, 0.5) is 9.59 Å². The first kappa shape index (κ1) is 29.2. The number of aryl methyl sites for hydroxylation is 1. The Bertz CT molecular complexity index is 1040. The smallest absolute Gasteiger partial charge is 0.432 e. The fourth-order valence-corrected chi connectivity index (χ4v) is 5.28. The lowest BCUT2D eigenvalue weighted by molar-refractivity contribution is 0.0946. The minimum absolute atomic E-state index is 0.108. The standard InChI is InChI=1S/C31H44N2O6/c1-7-8-9-10-22-14-27(38-30(34)36-18-23-16-32(23)5)29(26-13-21(4)11-12-25(26)20(2)3)28(15-22)39-31(35)37-19-24-17-33(24)6/h13-15,23-26H,2,7-12,16-19H2,1,3-6H3/t23?,24?,25-,26+,32?,33?/m0/s1. The lowest BCUT2D eigenvalue weighted by Gasteiger charge is -2.32. The molecule has 6 atom stereocenters. The van der Waals surface area contributed by atoms with E-state index in [1.807, 2.05) is 33.2 Å². The van der Waals surface area contributed by atoms with Crippen LogP contribution in [0.3, 0.4) is 0 Å². The van der Waals surface area contributed by atoms with Crippen molar-refractivity contribution in [1.82, 2.24) is 9.80 Å². The number of allylic oxidation sites excluding steroid dienone is 3. The number of likely N-dealkylation sites (N-methyl/N-ethyl adjacent to an activating group) is 2. The average molecular weight is 541 g/mol. The molecule has 2 aliphatic heterocycles. The fourth-order valence-electron chi connectivity index (χ4n) is 5.28. The zero-order valence-corrected chi connectivity index (χ0v) is 24.2. The number of hydrogen-bond donors (Lipinski definition) is 0. The van der Waals surface area contributed by atoms with E-state index in [4.69, 9.17) is 18.9 Å². The summed E-state index contributed by atoms with van der Waals surface area (Å²) < 4.78 is 22.7. The van der Waals surface area contributed by atoms with Crippen LogP contribution < -0.4 is 9.47 Å². The minimum atomic E-state index is -0.754. The number of hydrogen-bond acceptors (Lipinski definition) is 8. The predicted octanol–water partition coefficient (Wildman–Crippen LogP) is 6.09. The van der Waals surface area contributed by atoms with Gasteiger partial charge in [-0.25, -0.2) is 9.59 Å². The van der Waals surface area contributed by atoms with Crippen LogP contribution >= 0.6 is 0 Å². The van der Waals surface area contributed by atoms with Gasteiger partial charge in [-0.3, -0.25) is 9.80 Å². The van der Waals surface area contributed by atoms with Crippen molar-refractivity contribution in [2.45, 2.75) is 77.3 Å². The number of nitrogens with zero attached hydrogens (tertiary/aromatic N) is 2. The van der Waals surface area contributed by atoms with Gasteiger partial charge in [0, 0.05) is 24.6 Å². The molecule has 214 valence electrons. The molecular weight excluding hydrogens is 496 g/mol. The molecule has 39 heavy (non-hydrogen) atoms. The monoisotopic (exact) mass is 540 g/mol. The third-order valence-corrected chi connectivity index (χ3v) is 8.10. The van der Waals surface area contributed by atoms with Crippen LogP contribution in [0.25, 0.3) is 0 Å². The van der Waals surface area contributed by atoms with Crippen LogP contribution in [-0.4, -0.2) is 74.6 Å². The van der Waals surface area contributed by atoms with Gasteiger partial charge in [-0.15, -0.1) is 0 Å². The normalized spacial score (nSPS) is 27.3. The van der Waals surface area contributed by atoms with Gasteiger partial charge in [0.05, 0.1) is 12.1 Å². The molecule has 8 nitrogen and oxygen atoms in total. The summed E-state index contributed by atoms with van der Waals surface area (Å²) in [6.45, 7) is 12.9. The second-order valence-corrected chi connectivity index (χ2v) is 11.5. The Balaban J connectivity index is 1.68. The number of rotatable bonds is 12. The van der Waals surface area contributed by atoms with Gasteiger partial charge in [-0.2, -0.15) is 0 Å². The molecule has 3 aliphatic rings. The van der Waals surface area contributed by atoms with Gasteiger partial charge in [0.25, 0.3) is 0 Å². The predicted molar refractivity (Wildman–Crippen MR) is 150 cm³/mol. The number of unbranched alkanes of at least 4 members (excludes halogenated alkanes) is 2. The summed E-state index contributed by atoms with van der Waals surface area (Å²) in [5, 5.41) is 0. The van der Waals surface area contributed by atoms with E-state index >= 15 is 0 Å². The van der Waals surface area contributed by atoms with Crippen LogP contribution in [0.15, 0.2) is 35.9 Å². The SMILES string of the molecule is C=C(C)[C@@H]1CCC(C)=C[C@H]1c1c(OC(=O)OCC2CN2C)cc(CCCCC)cc1OC(=O)OCC1CN1C. The molecule has 0 N–H and O–H groups in total.